The van der Waals surface area contributed by atoms with Crippen molar-refractivity contribution in [2.24, 2.45) is 4.99 Å². The van der Waals surface area contributed by atoms with E-state index in [2.05, 4.69) is 63.7 Å². The van der Waals surface area contributed by atoms with Gasteiger partial charge in [-0.1, -0.05) is 19.9 Å². The first kappa shape index (κ1) is 22.2. The molecule has 2 rings (SSSR count). The Kier molecular flexibility index (Phi) is 10.2. The van der Waals surface area contributed by atoms with Crippen LogP contribution in [0.5, 0.6) is 0 Å². The summed E-state index contributed by atoms with van der Waals surface area (Å²) in [5.74, 6) is 0.922. The first-order valence-electron chi connectivity index (χ1n) is 10.6. The molecule has 1 aliphatic rings. The Labute approximate surface area is 170 Å². The molecule has 1 aromatic heterocycles. The molecule has 0 aromatic carbocycles. The molecule has 2 heterocycles. The SMILES string of the molecule is CCN(CC)CCCC(C)NC(=NC)NCC(c1cccs1)N1CCCC1. The van der Waals surface area contributed by atoms with Gasteiger partial charge in [-0.05, 0) is 76.8 Å². The zero-order valence-corrected chi connectivity index (χ0v) is 18.5. The molecule has 2 atom stereocenters. The number of guanidine groups is 1. The molecule has 1 aromatic rings. The second-order valence-electron chi connectivity index (χ2n) is 7.44. The van der Waals surface area contributed by atoms with Gasteiger partial charge in [0.1, 0.15) is 0 Å². The van der Waals surface area contributed by atoms with E-state index in [0.717, 1.165) is 32.0 Å². The number of rotatable bonds is 11. The molecule has 6 heteroatoms. The molecule has 2 unspecified atom stereocenters. The molecular formula is C21H39N5S. The molecule has 2 N–H and O–H groups in total. The summed E-state index contributed by atoms with van der Waals surface area (Å²) in [6.45, 7) is 13.5. The Hall–Kier alpha value is -1.11. The third-order valence-electron chi connectivity index (χ3n) is 5.53. The highest BCUT2D eigenvalue weighted by Gasteiger charge is 2.24. The lowest BCUT2D eigenvalue weighted by atomic mass is 10.1. The molecule has 0 aliphatic carbocycles. The molecule has 1 fully saturated rings. The zero-order chi connectivity index (χ0) is 19.5. The van der Waals surface area contributed by atoms with Crippen LogP contribution in [0.15, 0.2) is 22.5 Å². The minimum Gasteiger partial charge on any atom is -0.354 e. The molecule has 0 spiro atoms. The van der Waals surface area contributed by atoms with Gasteiger partial charge < -0.3 is 15.5 Å². The number of hydrogen-bond acceptors (Lipinski definition) is 4. The average Bonchev–Trinajstić information content (AvgIpc) is 3.39. The van der Waals surface area contributed by atoms with E-state index in [4.69, 9.17) is 0 Å². The zero-order valence-electron chi connectivity index (χ0n) is 17.7. The number of hydrogen-bond donors (Lipinski definition) is 2. The van der Waals surface area contributed by atoms with Crippen molar-refractivity contribution in [3.63, 3.8) is 0 Å². The van der Waals surface area contributed by atoms with Crippen molar-refractivity contribution in [3.05, 3.63) is 22.4 Å². The second kappa shape index (κ2) is 12.4. The molecule has 0 amide bonds. The molecule has 0 radical (unpaired) electrons. The van der Waals surface area contributed by atoms with Crippen LogP contribution in [-0.4, -0.2) is 68.1 Å². The lowest BCUT2D eigenvalue weighted by Gasteiger charge is -2.28. The lowest BCUT2D eigenvalue weighted by Crippen LogP contribution is -2.45. The topological polar surface area (TPSA) is 42.9 Å². The quantitative estimate of drug-likeness (QED) is 0.446. The maximum Gasteiger partial charge on any atom is 0.191 e. The van der Waals surface area contributed by atoms with Gasteiger partial charge in [0.25, 0.3) is 0 Å². The highest BCUT2D eigenvalue weighted by atomic mass is 32.1. The Morgan fingerprint density at radius 1 is 1.30 bits per heavy atom. The minimum atomic E-state index is 0.429. The monoisotopic (exact) mass is 393 g/mol. The predicted octanol–water partition coefficient (Wildman–Crippen LogP) is 3.56. The largest absolute Gasteiger partial charge is 0.354 e. The molecular weight excluding hydrogens is 354 g/mol. The summed E-state index contributed by atoms with van der Waals surface area (Å²) in [6.07, 6.45) is 5.02. The Morgan fingerprint density at radius 2 is 2.04 bits per heavy atom. The maximum absolute atomic E-state index is 4.45. The average molecular weight is 394 g/mol. The van der Waals surface area contributed by atoms with Crippen molar-refractivity contribution in [1.29, 1.82) is 0 Å². The Bertz CT molecular complexity index is 521. The molecule has 27 heavy (non-hydrogen) atoms. The van der Waals surface area contributed by atoms with Crippen molar-refractivity contribution < 1.29 is 0 Å². The molecule has 0 saturated carbocycles. The van der Waals surface area contributed by atoms with Crippen LogP contribution < -0.4 is 10.6 Å². The fourth-order valence-electron chi connectivity index (χ4n) is 3.80. The third kappa shape index (κ3) is 7.43. The van der Waals surface area contributed by atoms with Crippen LogP contribution in [0.1, 0.15) is 57.4 Å². The van der Waals surface area contributed by atoms with Gasteiger partial charge >= 0.3 is 0 Å². The first-order valence-corrected chi connectivity index (χ1v) is 11.5. The highest BCUT2D eigenvalue weighted by Crippen LogP contribution is 2.27. The first-order chi connectivity index (χ1) is 13.2. The van der Waals surface area contributed by atoms with Crippen LogP contribution in [0.4, 0.5) is 0 Å². The predicted molar refractivity (Wildman–Crippen MR) is 119 cm³/mol. The van der Waals surface area contributed by atoms with E-state index in [9.17, 15) is 0 Å². The molecule has 1 aliphatic heterocycles. The number of nitrogens with zero attached hydrogens (tertiary/aromatic N) is 3. The van der Waals surface area contributed by atoms with Gasteiger partial charge in [-0.25, -0.2) is 0 Å². The van der Waals surface area contributed by atoms with Crippen LogP contribution in [0.3, 0.4) is 0 Å². The number of nitrogens with one attached hydrogen (secondary N) is 2. The normalized spacial score (nSPS) is 18.0. The van der Waals surface area contributed by atoms with Gasteiger partial charge in [-0.2, -0.15) is 0 Å². The van der Waals surface area contributed by atoms with Crippen molar-refractivity contribution in [3.8, 4) is 0 Å². The van der Waals surface area contributed by atoms with E-state index in [1.165, 1.54) is 43.8 Å². The van der Waals surface area contributed by atoms with E-state index in [0.29, 0.717) is 12.1 Å². The Morgan fingerprint density at radius 3 is 2.63 bits per heavy atom. The second-order valence-corrected chi connectivity index (χ2v) is 8.42. The minimum absolute atomic E-state index is 0.429. The van der Waals surface area contributed by atoms with E-state index in [1.807, 2.05) is 18.4 Å². The molecule has 0 bridgehead atoms. The van der Waals surface area contributed by atoms with Crippen LogP contribution >= 0.6 is 11.3 Å². The van der Waals surface area contributed by atoms with Gasteiger partial charge in [0.05, 0.1) is 6.04 Å². The third-order valence-corrected chi connectivity index (χ3v) is 6.50. The maximum atomic E-state index is 4.45. The van der Waals surface area contributed by atoms with Crippen LogP contribution in [0.2, 0.25) is 0 Å². The van der Waals surface area contributed by atoms with E-state index < -0.39 is 0 Å². The van der Waals surface area contributed by atoms with Crippen molar-refractivity contribution in [2.75, 3.05) is 46.3 Å². The van der Waals surface area contributed by atoms with Crippen molar-refractivity contribution in [1.82, 2.24) is 20.4 Å². The summed E-state index contributed by atoms with van der Waals surface area (Å²) in [5.41, 5.74) is 0. The smallest absolute Gasteiger partial charge is 0.191 e. The van der Waals surface area contributed by atoms with E-state index >= 15 is 0 Å². The van der Waals surface area contributed by atoms with Gasteiger partial charge in [0, 0.05) is 24.5 Å². The summed E-state index contributed by atoms with van der Waals surface area (Å²) in [6, 6.07) is 5.30. The summed E-state index contributed by atoms with van der Waals surface area (Å²) in [7, 11) is 1.87. The summed E-state index contributed by atoms with van der Waals surface area (Å²) < 4.78 is 0. The summed E-state index contributed by atoms with van der Waals surface area (Å²) in [4.78, 5) is 11.0. The molecule has 5 nitrogen and oxygen atoms in total. The number of aliphatic imine (C=N–C) groups is 1. The van der Waals surface area contributed by atoms with Gasteiger partial charge in [-0.3, -0.25) is 9.89 Å². The fourth-order valence-corrected chi connectivity index (χ4v) is 4.66. The van der Waals surface area contributed by atoms with Gasteiger partial charge in [0.2, 0.25) is 0 Å². The summed E-state index contributed by atoms with van der Waals surface area (Å²) in [5, 5.41) is 9.34. The number of likely N-dealkylation sites (tertiary alicyclic amines) is 1. The van der Waals surface area contributed by atoms with Crippen molar-refractivity contribution in [2.45, 2.75) is 58.5 Å². The number of thiophene rings is 1. The van der Waals surface area contributed by atoms with Gasteiger partial charge in [0.15, 0.2) is 5.96 Å². The summed E-state index contributed by atoms with van der Waals surface area (Å²) >= 11 is 1.86. The molecule has 154 valence electrons. The van der Waals surface area contributed by atoms with Gasteiger partial charge in [-0.15, -0.1) is 11.3 Å². The van der Waals surface area contributed by atoms with Crippen molar-refractivity contribution >= 4 is 17.3 Å². The molecule has 1 saturated heterocycles. The van der Waals surface area contributed by atoms with Crippen LogP contribution in [0, 0.1) is 0 Å². The lowest BCUT2D eigenvalue weighted by molar-refractivity contribution is 0.248. The van der Waals surface area contributed by atoms with Crippen LogP contribution in [-0.2, 0) is 0 Å². The Balaban J connectivity index is 1.79. The van der Waals surface area contributed by atoms with E-state index in [-0.39, 0.29) is 0 Å². The van der Waals surface area contributed by atoms with E-state index in [1.54, 1.807) is 0 Å². The highest BCUT2D eigenvalue weighted by molar-refractivity contribution is 7.10. The van der Waals surface area contributed by atoms with Crippen LogP contribution in [0.25, 0.3) is 0 Å². The standard InChI is InChI=1S/C21H39N5S/c1-5-25(6-2)13-9-11-18(3)24-21(22-4)23-17-19(20-12-10-16-27-20)26-14-7-8-15-26/h10,12,16,18-19H,5-9,11,13-15,17H2,1-4H3,(H2,22,23,24). The fraction of sp³-hybridized carbons (Fsp3) is 0.762.